The lowest BCUT2D eigenvalue weighted by Gasteiger charge is -2.29. The van der Waals surface area contributed by atoms with Gasteiger partial charge in [-0.3, -0.25) is 0 Å². The minimum Gasteiger partial charge on any atom is -0.395 e. The lowest BCUT2D eigenvalue weighted by atomic mass is 10.1. The molecule has 0 aromatic carbocycles. The summed E-state index contributed by atoms with van der Waals surface area (Å²) >= 11 is 5.08. The molecule has 0 unspecified atom stereocenters. The first kappa shape index (κ1) is 13.9. The highest BCUT2D eigenvalue weighted by molar-refractivity contribution is 7.80. The zero-order valence-corrected chi connectivity index (χ0v) is 11.3. The minimum absolute atomic E-state index is 0.0740. The topological polar surface area (TPSA) is 62.4 Å². The molecule has 1 aromatic heterocycles. The van der Waals surface area contributed by atoms with Gasteiger partial charge in [0.1, 0.15) is 10.8 Å². The number of aryl methyl sites for hydroxylation is 1. The van der Waals surface area contributed by atoms with Crippen LogP contribution in [0.3, 0.4) is 0 Å². The van der Waals surface area contributed by atoms with E-state index in [1.54, 1.807) is 6.20 Å². The maximum atomic E-state index is 9.11. The van der Waals surface area contributed by atoms with E-state index in [4.69, 9.17) is 23.1 Å². The fourth-order valence-corrected chi connectivity index (χ4v) is 2.03. The molecule has 0 bridgehead atoms. The molecule has 1 rings (SSSR count). The molecule has 5 heteroatoms. The van der Waals surface area contributed by atoms with E-state index < -0.39 is 0 Å². The van der Waals surface area contributed by atoms with Crippen LogP contribution in [0.1, 0.15) is 25.0 Å². The van der Waals surface area contributed by atoms with E-state index in [9.17, 15) is 0 Å². The number of thiocarbonyl (C=S) groups is 1. The molecular weight excluding hydrogens is 234 g/mol. The fraction of sp³-hybridized carbons (Fsp3) is 0.500. The predicted octanol–water partition coefficient (Wildman–Crippen LogP) is 1.23. The molecule has 1 aromatic rings. The monoisotopic (exact) mass is 253 g/mol. The van der Waals surface area contributed by atoms with E-state index in [0.717, 1.165) is 16.9 Å². The predicted molar refractivity (Wildman–Crippen MR) is 74.4 cm³/mol. The molecule has 1 heterocycles. The Morgan fingerprint density at radius 2 is 2.24 bits per heavy atom. The van der Waals surface area contributed by atoms with E-state index in [-0.39, 0.29) is 12.6 Å². The van der Waals surface area contributed by atoms with Crippen LogP contribution in [0.25, 0.3) is 0 Å². The molecule has 94 valence electrons. The van der Waals surface area contributed by atoms with Gasteiger partial charge in [0.2, 0.25) is 0 Å². The number of anilines is 1. The SMILES string of the molecule is Cc1ccnc(N(CCO)C(C)C)c1C(N)=S. The van der Waals surface area contributed by atoms with Crippen LogP contribution in [0.15, 0.2) is 12.3 Å². The summed E-state index contributed by atoms with van der Waals surface area (Å²) in [5, 5.41) is 9.11. The van der Waals surface area contributed by atoms with Crippen molar-refractivity contribution in [2.75, 3.05) is 18.1 Å². The van der Waals surface area contributed by atoms with Crippen molar-refractivity contribution in [1.82, 2.24) is 4.98 Å². The summed E-state index contributed by atoms with van der Waals surface area (Å²) < 4.78 is 0. The number of nitrogens with two attached hydrogens (primary N) is 1. The molecule has 0 spiro atoms. The van der Waals surface area contributed by atoms with Gasteiger partial charge in [0.25, 0.3) is 0 Å². The molecule has 0 aliphatic heterocycles. The summed E-state index contributed by atoms with van der Waals surface area (Å²) in [4.78, 5) is 6.69. The van der Waals surface area contributed by atoms with Crippen molar-refractivity contribution in [3.8, 4) is 0 Å². The van der Waals surface area contributed by atoms with Gasteiger partial charge in [0.05, 0.1) is 12.2 Å². The molecule has 3 N–H and O–H groups in total. The van der Waals surface area contributed by atoms with Gasteiger partial charge in [-0.15, -0.1) is 0 Å². The van der Waals surface area contributed by atoms with E-state index in [1.165, 1.54) is 0 Å². The third kappa shape index (κ3) is 3.14. The number of rotatable bonds is 5. The Labute approximate surface area is 107 Å². The van der Waals surface area contributed by atoms with Crippen LogP contribution in [-0.2, 0) is 0 Å². The van der Waals surface area contributed by atoms with Crippen molar-refractivity contribution < 1.29 is 5.11 Å². The Bertz CT molecular complexity index is 407. The molecule has 0 atom stereocenters. The molecule has 0 fully saturated rings. The first-order valence-corrected chi connectivity index (χ1v) is 6.02. The van der Waals surface area contributed by atoms with Crippen molar-refractivity contribution in [1.29, 1.82) is 0 Å². The molecule has 0 radical (unpaired) electrons. The fourth-order valence-electron chi connectivity index (χ4n) is 1.78. The van der Waals surface area contributed by atoms with Crippen LogP contribution in [0.2, 0.25) is 0 Å². The second-order valence-electron chi connectivity index (χ2n) is 4.20. The summed E-state index contributed by atoms with van der Waals surface area (Å²) in [5.74, 6) is 0.751. The summed E-state index contributed by atoms with van der Waals surface area (Å²) in [6.07, 6.45) is 1.74. The first-order valence-electron chi connectivity index (χ1n) is 5.62. The highest BCUT2D eigenvalue weighted by Gasteiger charge is 2.18. The zero-order chi connectivity index (χ0) is 13.0. The smallest absolute Gasteiger partial charge is 0.139 e. The van der Waals surface area contributed by atoms with E-state index in [1.807, 2.05) is 31.7 Å². The Balaban J connectivity index is 3.27. The maximum Gasteiger partial charge on any atom is 0.139 e. The zero-order valence-electron chi connectivity index (χ0n) is 10.5. The lowest BCUT2D eigenvalue weighted by molar-refractivity contribution is 0.298. The molecular formula is C12H19N3OS. The van der Waals surface area contributed by atoms with E-state index in [0.29, 0.717) is 11.5 Å². The molecule has 0 saturated heterocycles. The van der Waals surface area contributed by atoms with Gasteiger partial charge in [-0.25, -0.2) is 4.98 Å². The molecule has 0 aliphatic rings. The lowest BCUT2D eigenvalue weighted by Crippen LogP contribution is -2.36. The maximum absolute atomic E-state index is 9.11. The van der Waals surface area contributed by atoms with Crippen LogP contribution in [0, 0.1) is 6.92 Å². The molecule has 0 saturated carbocycles. The minimum atomic E-state index is 0.0740. The van der Waals surface area contributed by atoms with Gasteiger partial charge in [0.15, 0.2) is 0 Å². The van der Waals surface area contributed by atoms with Crippen LogP contribution in [0.5, 0.6) is 0 Å². The third-order valence-corrected chi connectivity index (χ3v) is 2.83. The van der Waals surface area contributed by atoms with E-state index >= 15 is 0 Å². The number of aromatic nitrogens is 1. The highest BCUT2D eigenvalue weighted by Crippen LogP contribution is 2.22. The van der Waals surface area contributed by atoms with Crippen molar-refractivity contribution in [2.45, 2.75) is 26.8 Å². The number of aliphatic hydroxyl groups excluding tert-OH is 1. The summed E-state index contributed by atoms with van der Waals surface area (Å²) in [7, 11) is 0. The van der Waals surface area contributed by atoms with Gasteiger partial charge in [-0.2, -0.15) is 0 Å². The summed E-state index contributed by atoms with van der Waals surface area (Å²) in [5.41, 5.74) is 7.55. The van der Waals surface area contributed by atoms with Gasteiger partial charge < -0.3 is 15.7 Å². The third-order valence-electron chi connectivity index (χ3n) is 2.62. The number of pyridine rings is 1. The van der Waals surface area contributed by atoms with Crippen LogP contribution in [0.4, 0.5) is 5.82 Å². The van der Waals surface area contributed by atoms with Crippen molar-refractivity contribution in [3.63, 3.8) is 0 Å². The van der Waals surface area contributed by atoms with Crippen molar-refractivity contribution in [2.24, 2.45) is 5.73 Å². The molecule has 17 heavy (non-hydrogen) atoms. The van der Waals surface area contributed by atoms with Gasteiger partial charge in [0, 0.05) is 18.8 Å². The molecule has 4 nitrogen and oxygen atoms in total. The Morgan fingerprint density at radius 3 is 2.71 bits per heavy atom. The summed E-state index contributed by atoms with van der Waals surface area (Å²) in [6.45, 7) is 6.64. The van der Waals surface area contributed by atoms with E-state index in [2.05, 4.69) is 4.98 Å². The average Bonchev–Trinajstić information content (AvgIpc) is 2.24. The Kier molecular flexibility index (Phi) is 4.84. The Hall–Kier alpha value is -1.20. The highest BCUT2D eigenvalue weighted by atomic mass is 32.1. The number of hydrogen-bond donors (Lipinski definition) is 2. The van der Waals surface area contributed by atoms with Gasteiger partial charge >= 0.3 is 0 Å². The number of aliphatic hydroxyl groups is 1. The van der Waals surface area contributed by atoms with Crippen molar-refractivity contribution in [3.05, 3.63) is 23.4 Å². The standard InChI is InChI=1S/C12H19N3OS/c1-8(2)15(6-7-16)12-10(11(13)17)9(3)4-5-14-12/h4-5,8,16H,6-7H2,1-3H3,(H2,13,17). The van der Waals surface area contributed by atoms with Crippen LogP contribution < -0.4 is 10.6 Å². The van der Waals surface area contributed by atoms with Crippen LogP contribution in [-0.4, -0.2) is 34.3 Å². The second-order valence-corrected chi connectivity index (χ2v) is 4.64. The summed E-state index contributed by atoms with van der Waals surface area (Å²) in [6, 6.07) is 2.11. The van der Waals surface area contributed by atoms with Gasteiger partial charge in [-0.1, -0.05) is 12.2 Å². The van der Waals surface area contributed by atoms with Crippen LogP contribution >= 0.6 is 12.2 Å². The molecule has 0 amide bonds. The largest absolute Gasteiger partial charge is 0.395 e. The number of nitrogens with zero attached hydrogens (tertiary/aromatic N) is 2. The quantitative estimate of drug-likeness (QED) is 0.773. The average molecular weight is 253 g/mol. The van der Waals surface area contributed by atoms with Gasteiger partial charge in [-0.05, 0) is 32.4 Å². The van der Waals surface area contributed by atoms with Crippen molar-refractivity contribution >= 4 is 23.0 Å². The Morgan fingerprint density at radius 1 is 1.59 bits per heavy atom. The normalized spacial score (nSPS) is 10.6. The molecule has 0 aliphatic carbocycles. The number of hydrogen-bond acceptors (Lipinski definition) is 4. The first-order chi connectivity index (χ1) is 7.99. The second kappa shape index (κ2) is 5.93.